The molecule has 0 bridgehead atoms. The van der Waals surface area contributed by atoms with Crippen molar-refractivity contribution in [3.05, 3.63) is 103 Å². The lowest BCUT2D eigenvalue weighted by molar-refractivity contribution is -0.115. The summed E-state index contributed by atoms with van der Waals surface area (Å²) >= 11 is 0. The highest BCUT2D eigenvalue weighted by molar-refractivity contribution is 5.99. The molecular formula is C24H18O. The number of hydrogen-bond acceptors (Lipinski definition) is 1. The molecule has 0 saturated heterocycles. The maximum absolute atomic E-state index is 12.2. The molecule has 0 aromatic heterocycles. The molecule has 120 valence electrons. The normalized spacial score (nSPS) is 13.9. The van der Waals surface area contributed by atoms with Crippen LogP contribution in [0, 0.1) is 5.92 Å². The van der Waals surface area contributed by atoms with Gasteiger partial charge < -0.3 is 0 Å². The second kappa shape index (κ2) is 6.74. The van der Waals surface area contributed by atoms with E-state index in [1.165, 1.54) is 16.3 Å². The molecule has 0 heterocycles. The van der Waals surface area contributed by atoms with E-state index in [1.54, 1.807) is 6.08 Å². The van der Waals surface area contributed by atoms with Crippen molar-refractivity contribution in [1.29, 1.82) is 0 Å². The number of allylic oxidation sites excluding steroid dienone is 5. The summed E-state index contributed by atoms with van der Waals surface area (Å²) in [5.41, 5.74) is 3.40. The summed E-state index contributed by atoms with van der Waals surface area (Å²) < 4.78 is 0. The molecule has 25 heavy (non-hydrogen) atoms. The summed E-state index contributed by atoms with van der Waals surface area (Å²) in [6.07, 6.45) is 11.2. The molecule has 0 amide bonds. The van der Waals surface area contributed by atoms with Crippen molar-refractivity contribution in [2.45, 2.75) is 0 Å². The van der Waals surface area contributed by atoms with Crippen molar-refractivity contribution in [3.8, 4) is 11.1 Å². The Balaban J connectivity index is 1.66. The molecule has 0 saturated carbocycles. The van der Waals surface area contributed by atoms with Crippen molar-refractivity contribution in [3.63, 3.8) is 0 Å². The number of benzene rings is 3. The molecule has 0 spiro atoms. The van der Waals surface area contributed by atoms with E-state index in [0.717, 1.165) is 11.1 Å². The fourth-order valence-corrected chi connectivity index (χ4v) is 3.20. The Kier molecular flexibility index (Phi) is 4.14. The molecule has 0 aliphatic heterocycles. The van der Waals surface area contributed by atoms with Gasteiger partial charge in [-0.2, -0.15) is 0 Å². The van der Waals surface area contributed by atoms with Crippen LogP contribution in [0.15, 0.2) is 97.1 Å². The predicted molar refractivity (Wildman–Crippen MR) is 105 cm³/mol. The first-order chi connectivity index (χ1) is 12.3. The van der Waals surface area contributed by atoms with Gasteiger partial charge in [-0.25, -0.2) is 0 Å². The molecule has 1 aliphatic rings. The Morgan fingerprint density at radius 2 is 1.60 bits per heavy atom. The fourth-order valence-electron chi connectivity index (χ4n) is 3.20. The van der Waals surface area contributed by atoms with Crippen LogP contribution in [0.3, 0.4) is 0 Å². The first-order valence-electron chi connectivity index (χ1n) is 8.46. The topological polar surface area (TPSA) is 17.1 Å². The van der Waals surface area contributed by atoms with E-state index in [4.69, 9.17) is 0 Å². The molecule has 0 atom stereocenters. The molecule has 3 aromatic rings. The molecule has 1 aliphatic carbocycles. The quantitative estimate of drug-likeness (QED) is 0.552. The fraction of sp³-hybridized carbons (Fsp3) is 0.0417. The van der Waals surface area contributed by atoms with Crippen molar-refractivity contribution in [2.75, 3.05) is 0 Å². The zero-order valence-corrected chi connectivity index (χ0v) is 13.8. The third kappa shape index (κ3) is 3.22. The molecule has 0 N–H and O–H groups in total. The monoisotopic (exact) mass is 322 g/mol. The molecule has 1 nitrogen and oxygen atoms in total. The summed E-state index contributed by atoms with van der Waals surface area (Å²) in [6, 6.07) is 23.1. The van der Waals surface area contributed by atoms with Gasteiger partial charge in [0.2, 0.25) is 0 Å². The number of ketones is 1. The Bertz CT molecular complexity index is 1000. The van der Waals surface area contributed by atoms with Gasteiger partial charge >= 0.3 is 0 Å². The number of fused-ring (bicyclic) bond motifs is 1. The smallest absolute Gasteiger partial charge is 0.166 e. The van der Waals surface area contributed by atoms with E-state index in [-0.39, 0.29) is 11.7 Å². The zero-order valence-electron chi connectivity index (χ0n) is 13.8. The maximum Gasteiger partial charge on any atom is 0.166 e. The van der Waals surface area contributed by atoms with E-state index in [2.05, 4.69) is 54.6 Å². The summed E-state index contributed by atoms with van der Waals surface area (Å²) in [4.78, 5) is 12.2. The van der Waals surface area contributed by atoms with E-state index in [9.17, 15) is 4.79 Å². The molecule has 0 unspecified atom stereocenters. The highest BCUT2D eigenvalue weighted by Crippen LogP contribution is 2.29. The van der Waals surface area contributed by atoms with Crippen molar-refractivity contribution in [2.24, 2.45) is 5.92 Å². The lowest BCUT2D eigenvalue weighted by Crippen LogP contribution is -2.03. The van der Waals surface area contributed by atoms with Gasteiger partial charge in [-0.15, -0.1) is 0 Å². The molecular weight excluding hydrogens is 304 g/mol. The van der Waals surface area contributed by atoms with Crippen molar-refractivity contribution >= 4 is 22.6 Å². The average molecular weight is 322 g/mol. The van der Waals surface area contributed by atoms with Gasteiger partial charge in [0.1, 0.15) is 0 Å². The van der Waals surface area contributed by atoms with E-state index < -0.39 is 0 Å². The third-order valence-electron chi connectivity index (χ3n) is 4.50. The summed E-state index contributed by atoms with van der Waals surface area (Å²) in [6.45, 7) is 0. The van der Waals surface area contributed by atoms with Crippen LogP contribution in [0.4, 0.5) is 0 Å². The first kappa shape index (κ1) is 15.3. The zero-order chi connectivity index (χ0) is 17.1. The number of carbonyl (C=O) groups is 1. The van der Waals surface area contributed by atoms with E-state index in [0.29, 0.717) is 0 Å². The van der Waals surface area contributed by atoms with Crippen LogP contribution >= 0.6 is 0 Å². The molecule has 3 aromatic carbocycles. The lowest BCUT2D eigenvalue weighted by Gasteiger charge is -2.08. The van der Waals surface area contributed by atoms with Gasteiger partial charge in [-0.05, 0) is 39.6 Å². The highest BCUT2D eigenvalue weighted by atomic mass is 16.1. The molecule has 1 heteroatoms. The second-order valence-electron chi connectivity index (χ2n) is 6.18. The number of hydrogen-bond donors (Lipinski definition) is 0. The van der Waals surface area contributed by atoms with Gasteiger partial charge in [-0.3, -0.25) is 4.79 Å². The van der Waals surface area contributed by atoms with E-state index in [1.807, 2.05) is 42.5 Å². The lowest BCUT2D eigenvalue weighted by atomic mass is 9.96. The number of rotatable bonds is 4. The van der Waals surface area contributed by atoms with Gasteiger partial charge in [0, 0.05) is 0 Å². The summed E-state index contributed by atoms with van der Waals surface area (Å²) in [5, 5.41) is 2.47. The first-order valence-corrected chi connectivity index (χ1v) is 8.46. The minimum absolute atomic E-state index is 0.112. The van der Waals surface area contributed by atoms with Gasteiger partial charge in [-0.1, -0.05) is 91.0 Å². The van der Waals surface area contributed by atoms with Gasteiger partial charge in [0.15, 0.2) is 5.78 Å². The third-order valence-corrected chi connectivity index (χ3v) is 4.50. The Hall–Kier alpha value is -3.19. The minimum Gasteiger partial charge on any atom is -0.294 e. The van der Waals surface area contributed by atoms with Crippen LogP contribution in [0.5, 0.6) is 0 Å². The van der Waals surface area contributed by atoms with Crippen LogP contribution in [0.1, 0.15) is 5.56 Å². The predicted octanol–water partition coefficient (Wildman–Crippen LogP) is 5.83. The molecule has 0 fully saturated rings. The van der Waals surface area contributed by atoms with E-state index >= 15 is 0 Å². The molecule has 4 rings (SSSR count). The Labute approximate surface area is 147 Å². The van der Waals surface area contributed by atoms with Crippen LogP contribution in [-0.2, 0) is 4.79 Å². The van der Waals surface area contributed by atoms with Crippen LogP contribution in [-0.4, -0.2) is 5.78 Å². The van der Waals surface area contributed by atoms with Crippen LogP contribution in [0.25, 0.3) is 28.0 Å². The Morgan fingerprint density at radius 3 is 2.48 bits per heavy atom. The van der Waals surface area contributed by atoms with Crippen LogP contribution in [0.2, 0.25) is 0 Å². The van der Waals surface area contributed by atoms with Crippen molar-refractivity contribution < 1.29 is 4.79 Å². The molecule has 0 radical (unpaired) electrons. The second-order valence-corrected chi connectivity index (χ2v) is 6.18. The standard InChI is InChI=1S/C24H18O/c25-24(20-9-1-2-10-20)16-15-18-7-5-12-21(17-18)23-14-6-11-19-8-3-4-13-22(19)23/h1-17,20H/b16-15+. The summed E-state index contributed by atoms with van der Waals surface area (Å²) in [5.74, 6) is -0.00179. The maximum atomic E-state index is 12.2. The van der Waals surface area contributed by atoms with Crippen molar-refractivity contribution in [1.82, 2.24) is 0 Å². The SMILES string of the molecule is O=C(/C=C/c1cccc(-c2cccc3ccccc23)c1)C1C=CC=C1. The average Bonchev–Trinajstić information content (AvgIpc) is 3.21. The highest BCUT2D eigenvalue weighted by Gasteiger charge is 2.10. The largest absolute Gasteiger partial charge is 0.294 e. The number of carbonyl (C=O) groups excluding carboxylic acids is 1. The summed E-state index contributed by atoms with van der Waals surface area (Å²) in [7, 11) is 0. The minimum atomic E-state index is -0.113. The van der Waals surface area contributed by atoms with Crippen LogP contribution < -0.4 is 0 Å². The van der Waals surface area contributed by atoms with Gasteiger partial charge in [0.25, 0.3) is 0 Å². The Morgan fingerprint density at radius 1 is 0.840 bits per heavy atom. The van der Waals surface area contributed by atoms with Gasteiger partial charge in [0.05, 0.1) is 5.92 Å².